The highest BCUT2D eigenvalue weighted by Crippen LogP contribution is 2.23. The molecule has 0 spiro atoms. The molecule has 2 aromatic rings. The first-order chi connectivity index (χ1) is 7.16. The lowest BCUT2D eigenvalue weighted by Crippen LogP contribution is -1.96. The van der Waals surface area contributed by atoms with Crippen molar-refractivity contribution in [3.8, 4) is 17.1 Å². The highest BCUT2D eigenvalue weighted by molar-refractivity contribution is 9.10. The molecule has 0 aliphatic heterocycles. The Balaban J connectivity index is 2.50. The van der Waals surface area contributed by atoms with Crippen molar-refractivity contribution in [2.75, 3.05) is 5.73 Å². The minimum Gasteiger partial charge on any atom is -0.508 e. The fourth-order valence-corrected chi connectivity index (χ4v) is 1.36. The number of nitrogen functional groups attached to an aromatic ring is 1. The average molecular weight is 266 g/mol. The van der Waals surface area contributed by atoms with Gasteiger partial charge in [0.2, 0.25) is 0 Å². The SMILES string of the molecule is Nc1nc(-c2cccc(O)c2)ncc1Br. The predicted octanol–water partition coefficient (Wildman–Crippen LogP) is 2.19. The van der Waals surface area contributed by atoms with E-state index in [1.54, 1.807) is 24.4 Å². The number of anilines is 1. The van der Waals surface area contributed by atoms with E-state index < -0.39 is 0 Å². The molecule has 0 saturated carbocycles. The normalized spacial score (nSPS) is 10.2. The Hall–Kier alpha value is -1.62. The first-order valence-electron chi connectivity index (χ1n) is 4.24. The minimum absolute atomic E-state index is 0.178. The van der Waals surface area contributed by atoms with Gasteiger partial charge in [-0.25, -0.2) is 9.97 Å². The molecule has 0 amide bonds. The third-order valence-electron chi connectivity index (χ3n) is 1.88. The molecule has 0 radical (unpaired) electrons. The van der Waals surface area contributed by atoms with E-state index in [0.29, 0.717) is 16.1 Å². The van der Waals surface area contributed by atoms with E-state index in [9.17, 15) is 5.11 Å². The third-order valence-corrected chi connectivity index (χ3v) is 2.49. The first kappa shape index (κ1) is 9.92. The molecule has 1 heterocycles. The number of nitrogens with zero attached hydrogens (tertiary/aromatic N) is 2. The number of nitrogens with two attached hydrogens (primary N) is 1. The summed E-state index contributed by atoms with van der Waals surface area (Å²) in [6.45, 7) is 0. The molecule has 0 unspecified atom stereocenters. The molecule has 76 valence electrons. The maximum atomic E-state index is 9.30. The molecule has 0 aliphatic carbocycles. The highest BCUT2D eigenvalue weighted by Gasteiger charge is 2.04. The monoisotopic (exact) mass is 265 g/mol. The van der Waals surface area contributed by atoms with Gasteiger partial charge in [-0.2, -0.15) is 0 Å². The van der Waals surface area contributed by atoms with E-state index in [1.165, 1.54) is 0 Å². The second kappa shape index (κ2) is 3.86. The van der Waals surface area contributed by atoms with Crippen LogP contribution in [0.1, 0.15) is 0 Å². The van der Waals surface area contributed by atoms with E-state index in [1.807, 2.05) is 6.07 Å². The summed E-state index contributed by atoms with van der Waals surface area (Å²) >= 11 is 3.22. The number of benzene rings is 1. The van der Waals surface area contributed by atoms with Crippen molar-refractivity contribution in [2.45, 2.75) is 0 Å². The Morgan fingerprint density at radius 1 is 1.33 bits per heavy atom. The molecule has 0 fully saturated rings. The Morgan fingerprint density at radius 3 is 2.80 bits per heavy atom. The molecule has 1 aromatic carbocycles. The van der Waals surface area contributed by atoms with Crippen molar-refractivity contribution in [1.29, 1.82) is 0 Å². The number of aromatic hydroxyl groups is 1. The fourth-order valence-electron chi connectivity index (χ4n) is 1.16. The Labute approximate surface area is 94.9 Å². The van der Waals surface area contributed by atoms with Crippen LogP contribution in [0.4, 0.5) is 5.82 Å². The summed E-state index contributed by atoms with van der Waals surface area (Å²) in [6.07, 6.45) is 1.59. The van der Waals surface area contributed by atoms with Crippen molar-refractivity contribution < 1.29 is 5.11 Å². The first-order valence-corrected chi connectivity index (χ1v) is 5.03. The summed E-state index contributed by atoms with van der Waals surface area (Å²) in [5.74, 6) is 1.05. The van der Waals surface area contributed by atoms with Crippen LogP contribution in [0.25, 0.3) is 11.4 Å². The lowest BCUT2D eigenvalue weighted by atomic mass is 10.2. The van der Waals surface area contributed by atoms with Crippen LogP contribution in [-0.4, -0.2) is 15.1 Å². The number of phenolic OH excluding ortho intramolecular Hbond substituents is 1. The molecule has 0 saturated heterocycles. The quantitative estimate of drug-likeness (QED) is 0.829. The minimum atomic E-state index is 0.178. The molecular formula is C10H8BrN3O. The van der Waals surface area contributed by atoms with Crippen molar-refractivity contribution in [3.63, 3.8) is 0 Å². The van der Waals surface area contributed by atoms with Gasteiger partial charge in [-0.1, -0.05) is 12.1 Å². The summed E-state index contributed by atoms with van der Waals surface area (Å²) in [5.41, 5.74) is 6.37. The molecule has 15 heavy (non-hydrogen) atoms. The van der Waals surface area contributed by atoms with E-state index >= 15 is 0 Å². The van der Waals surface area contributed by atoms with Crippen LogP contribution in [0.2, 0.25) is 0 Å². The van der Waals surface area contributed by atoms with E-state index in [4.69, 9.17) is 5.73 Å². The average Bonchev–Trinajstić information content (AvgIpc) is 2.22. The summed E-state index contributed by atoms with van der Waals surface area (Å²) in [4.78, 5) is 8.19. The molecular weight excluding hydrogens is 258 g/mol. The van der Waals surface area contributed by atoms with Gasteiger partial charge in [0.1, 0.15) is 11.6 Å². The van der Waals surface area contributed by atoms with Crippen molar-refractivity contribution >= 4 is 21.7 Å². The molecule has 0 aliphatic rings. The molecule has 1 aromatic heterocycles. The van der Waals surface area contributed by atoms with Crippen LogP contribution in [0.5, 0.6) is 5.75 Å². The lowest BCUT2D eigenvalue weighted by molar-refractivity contribution is 0.475. The number of hydrogen-bond donors (Lipinski definition) is 2. The Bertz CT molecular complexity index is 502. The largest absolute Gasteiger partial charge is 0.508 e. The van der Waals surface area contributed by atoms with Gasteiger partial charge in [0, 0.05) is 11.8 Å². The van der Waals surface area contributed by atoms with Crippen LogP contribution >= 0.6 is 15.9 Å². The number of halogens is 1. The Kier molecular flexibility index (Phi) is 2.55. The van der Waals surface area contributed by atoms with Gasteiger partial charge in [0.25, 0.3) is 0 Å². The molecule has 5 heteroatoms. The topological polar surface area (TPSA) is 72.0 Å². The smallest absolute Gasteiger partial charge is 0.161 e. The zero-order chi connectivity index (χ0) is 10.8. The van der Waals surface area contributed by atoms with Gasteiger partial charge in [0.05, 0.1) is 4.47 Å². The van der Waals surface area contributed by atoms with Crippen molar-refractivity contribution in [1.82, 2.24) is 9.97 Å². The molecule has 2 rings (SSSR count). The van der Waals surface area contributed by atoms with Crippen LogP contribution in [0.3, 0.4) is 0 Å². The number of hydrogen-bond acceptors (Lipinski definition) is 4. The summed E-state index contributed by atoms with van der Waals surface area (Å²) < 4.78 is 0.659. The molecule has 3 N–H and O–H groups in total. The van der Waals surface area contributed by atoms with Crippen LogP contribution in [0, 0.1) is 0 Å². The van der Waals surface area contributed by atoms with Crippen molar-refractivity contribution in [2.24, 2.45) is 0 Å². The standard InChI is InChI=1S/C10H8BrN3O/c11-8-5-13-10(14-9(8)12)6-2-1-3-7(15)4-6/h1-5,15H,(H2,12,13,14). The molecule has 0 atom stereocenters. The maximum Gasteiger partial charge on any atom is 0.161 e. The van der Waals surface area contributed by atoms with Gasteiger partial charge in [-0.3, -0.25) is 0 Å². The number of rotatable bonds is 1. The van der Waals surface area contributed by atoms with E-state index in [-0.39, 0.29) is 5.75 Å². The van der Waals surface area contributed by atoms with Crippen molar-refractivity contribution in [3.05, 3.63) is 34.9 Å². The highest BCUT2D eigenvalue weighted by atomic mass is 79.9. The molecule has 0 bridgehead atoms. The predicted molar refractivity (Wildman–Crippen MR) is 61.2 cm³/mol. The summed E-state index contributed by atoms with van der Waals surface area (Å²) in [5, 5.41) is 9.30. The second-order valence-electron chi connectivity index (χ2n) is 2.98. The van der Waals surface area contributed by atoms with E-state index in [0.717, 1.165) is 5.56 Å². The molecule has 4 nitrogen and oxygen atoms in total. The lowest BCUT2D eigenvalue weighted by Gasteiger charge is -2.02. The van der Waals surface area contributed by atoms with Crippen LogP contribution < -0.4 is 5.73 Å². The maximum absolute atomic E-state index is 9.30. The van der Waals surface area contributed by atoms with Gasteiger partial charge in [0.15, 0.2) is 5.82 Å². The van der Waals surface area contributed by atoms with Crippen LogP contribution in [-0.2, 0) is 0 Å². The second-order valence-corrected chi connectivity index (χ2v) is 3.83. The zero-order valence-corrected chi connectivity index (χ0v) is 9.27. The number of aromatic nitrogens is 2. The summed E-state index contributed by atoms with van der Waals surface area (Å²) in [6, 6.07) is 6.71. The zero-order valence-electron chi connectivity index (χ0n) is 7.68. The van der Waals surface area contributed by atoms with E-state index in [2.05, 4.69) is 25.9 Å². The van der Waals surface area contributed by atoms with Gasteiger partial charge in [-0.05, 0) is 28.1 Å². The third kappa shape index (κ3) is 2.07. The fraction of sp³-hybridized carbons (Fsp3) is 0. The summed E-state index contributed by atoms with van der Waals surface area (Å²) in [7, 11) is 0. The van der Waals surface area contributed by atoms with Gasteiger partial charge < -0.3 is 10.8 Å². The van der Waals surface area contributed by atoms with Gasteiger partial charge >= 0.3 is 0 Å². The van der Waals surface area contributed by atoms with Crippen LogP contribution in [0.15, 0.2) is 34.9 Å². The number of phenols is 1. The van der Waals surface area contributed by atoms with Gasteiger partial charge in [-0.15, -0.1) is 0 Å². The Morgan fingerprint density at radius 2 is 2.13 bits per heavy atom.